The van der Waals surface area contributed by atoms with Gasteiger partial charge in [-0.1, -0.05) is 6.42 Å². The minimum Gasteiger partial charge on any atom is -0.489 e. The Morgan fingerprint density at radius 3 is 2.63 bits per heavy atom. The van der Waals surface area contributed by atoms with Crippen molar-refractivity contribution in [2.75, 3.05) is 7.05 Å². The number of hydrogen-bond donors (Lipinski definition) is 0. The summed E-state index contributed by atoms with van der Waals surface area (Å²) in [6.07, 6.45) is 6.17. The first-order valence-corrected chi connectivity index (χ1v) is 7.76. The first-order valence-electron chi connectivity index (χ1n) is 6.97. The maximum Gasteiger partial charge on any atom is 0.136 e. The van der Waals surface area contributed by atoms with E-state index in [4.69, 9.17) is 4.74 Å². The van der Waals surface area contributed by atoms with Gasteiger partial charge in [0.1, 0.15) is 17.7 Å². The number of halogens is 2. The lowest BCUT2D eigenvalue weighted by Gasteiger charge is -2.46. The predicted octanol–water partition coefficient (Wildman–Crippen LogP) is 3.98. The van der Waals surface area contributed by atoms with Gasteiger partial charge in [0.25, 0.3) is 0 Å². The van der Waals surface area contributed by atoms with E-state index in [2.05, 4.69) is 27.9 Å². The van der Waals surface area contributed by atoms with Crippen LogP contribution in [0.2, 0.25) is 0 Å². The topological polar surface area (TPSA) is 12.5 Å². The van der Waals surface area contributed by atoms with Gasteiger partial charge in [-0.05, 0) is 60.8 Å². The van der Waals surface area contributed by atoms with Crippen molar-refractivity contribution in [3.05, 3.63) is 28.5 Å². The lowest BCUT2D eigenvalue weighted by atomic mass is 9.83. The van der Waals surface area contributed by atoms with Crippen LogP contribution in [0.1, 0.15) is 32.1 Å². The molecule has 0 N–H and O–H groups in total. The minimum atomic E-state index is -0.244. The van der Waals surface area contributed by atoms with Gasteiger partial charge in [0, 0.05) is 18.2 Å². The van der Waals surface area contributed by atoms with Crippen molar-refractivity contribution >= 4 is 15.9 Å². The Morgan fingerprint density at radius 2 is 1.95 bits per heavy atom. The van der Waals surface area contributed by atoms with Crippen LogP contribution in [0, 0.1) is 5.82 Å². The summed E-state index contributed by atoms with van der Waals surface area (Å²) in [5.74, 6) is 0.388. The van der Waals surface area contributed by atoms with Crippen LogP contribution < -0.4 is 4.74 Å². The predicted molar refractivity (Wildman–Crippen MR) is 76.9 cm³/mol. The maximum atomic E-state index is 13.3. The van der Waals surface area contributed by atoms with Crippen LogP contribution in [-0.4, -0.2) is 30.1 Å². The van der Waals surface area contributed by atoms with Gasteiger partial charge in [-0.2, -0.15) is 0 Å². The molecule has 2 bridgehead atoms. The Kier molecular flexibility index (Phi) is 3.81. The van der Waals surface area contributed by atoms with E-state index in [-0.39, 0.29) is 11.9 Å². The Hall–Kier alpha value is -0.610. The molecule has 3 rings (SSSR count). The van der Waals surface area contributed by atoms with E-state index in [1.165, 1.54) is 31.4 Å². The second-order valence-corrected chi connectivity index (χ2v) is 6.54. The molecule has 2 nitrogen and oxygen atoms in total. The molecule has 2 aliphatic heterocycles. The molecule has 19 heavy (non-hydrogen) atoms. The first kappa shape index (κ1) is 13.4. The zero-order valence-corrected chi connectivity index (χ0v) is 12.7. The highest BCUT2D eigenvalue weighted by Gasteiger charge is 2.37. The average molecular weight is 328 g/mol. The monoisotopic (exact) mass is 327 g/mol. The lowest BCUT2D eigenvalue weighted by molar-refractivity contribution is -0.000209. The van der Waals surface area contributed by atoms with Crippen molar-refractivity contribution in [1.29, 1.82) is 0 Å². The number of rotatable bonds is 2. The number of nitrogens with zero attached hydrogens (tertiary/aromatic N) is 1. The molecule has 1 unspecified atom stereocenters. The number of benzene rings is 1. The van der Waals surface area contributed by atoms with Gasteiger partial charge in [0.15, 0.2) is 0 Å². The van der Waals surface area contributed by atoms with Gasteiger partial charge in [0.2, 0.25) is 0 Å². The van der Waals surface area contributed by atoms with Crippen molar-refractivity contribution in [1.82, 2.24) is 4.90 Å². The summed E-state index contributed by atoms with van der Waals surface area (Å²) in [6.45, 7) is 0. The standard InChI is InChI=1S/C15H19BrFNO/c1-18-11-3-2-4-12(18)9-13(8-11)19-15-7-10(17)5-6-14(15)16/h5-7,11-13H,2-4,8-9H2,1H3/t11-,12+,13?. The van der Waals surface area contributed by atoms with Crippen LogP contribution in [0.3, 0.4) is 0 Å². The summed E-state index contributed by atoms with van der Waals surface area (Å²) in [7, 11) is 2.23. The lowest BCUT2D eigenvalue weighted by Crippen LogP contribution is -2.52. The Bertz CT molecular complexity index is 453. The molecule has 0 aromatic heterocycles. The Labute approximate surface area is 122 Å². The highest BCUT2D eigenvalue weighted by molar-refractivity contribution is 9.10. The average Bonchev–Trinajstić information content (AvgIpc) is 2.35. The number of fused-ring (bicyclic) bond motifs is 2. The third-order valence-electron chi connectivity index (χ3n) is 4.48. The third kappa shape index (κ3) is 2.79. The molecule has 1 aromatic carbocycles. The normalized spacial score (nSPS) is 31.2. The fourth-order valence-corrected chi connectivity index (χ4v) is 3.75. The van der Waals surface area contributed by atoms with E-state index in [9.17, 15) is 4.39 Å². The van der Waals surface area contributed by atoms with Gasteiger partial charge in [0.05, 0.1) is 4.47 Å². The van der Waals surface area contributed by atoms with E-state index < -0.39 is 0 Å². The van der Waals surface area contributed by atoms with Crippen LogP contribution in [0.15, 0.2) is 22.7 Å². The van der Waals surface area contributed by atoms with Gasteiger partial charge < -0.3 is 9.64 Å². The van der Waals surface area contributed by atoms with Crippen LogP contribution >= 0.6 is 15.9 Å². The molecule has 4 heteroatoms. The van der Waals surface area contributed by atoms with E-state index in [1.54, 1.807) is 6.07 Å². The van der Waals surface area contributed by atoms with Crippen molar-refractivity contribution in [2.24, 2.45) is 0 Å². The van der Waals surface area contributed by atoms with Crippen molar-refractivity contribution in [2.45, 2.75) is 50.3 Å². The number of hydrogen-bond acceptors (Lipinski definition) is 2. The Balaban J connectivity index is 1.72. The zero-order chi connectivity index (χ0) is 13.4. The summed E-state index contributed by atoms with van der Waals surface area (Å²) in [4.78, 5) is 2.50. The summed E-state index contributed by atoms with van der Waals surface area (Å²) in [6, 6.07) is 5.88. The second kappa shape index (κ2) is 5.41. The summed E-state index contributed by atoms with van der Waals surface area (Å²) < 4.78 is 20.2. The van der Waals surface area contributed by atoms with Crippen LogP contribution in [-0.2, 0) is 0 Å². The molecule has 0 saturated carbocycles. The highest BCUT2D eigenvalue weighted by atomic mass is 79.9. The van der Waals surface area contributed by atoms with E-state index in [1.807, 2.05) is 0 Å². The van der Waals surface area contributed by atoms with Gasteiger partial charge in [-0.25, -0.2) is 4.39 Å². The molecule has 2 heterocycles. The third-order valence-corrected chi connectivity index (χ3v) is 5.14. The molecule has 0 aliphatic carbocycles. The molecular weight excluding hydrogens is 309 g/mol. The molecule has 0 spiro atoms. The molecule has 2 saturated heterocycles. The smallest absolute Gasteiger partial charge is 0.136 e. The van der Waals surface area contributed by atoms with Crippen LogP contribution in [0.25, 0.3) is 0 Å². The largest absolute Gasteiger partial charge is 0.489 e. The van der Waals surface area contributed by atoms with Gasteiger partial charge in [-0.15, -0.1) is 0 Å². The fourth-order valence-electron chi connectivity index (χ4n) is 3.41. The molecule has 104 valence electrons. The minimum absolute atomic E-state index is 0.213. The molecule has 2 fully saturated rings. The summed E-state index contributed by atoms with van der Waals surface area (Å²) in [5.41, 5.74) is 0. The maximum absolute atomic E-state index is 13.3. The van der Waals surface area contributed by atoms with E-state index in [0.717, 1.165) is 17.3 Å². The highest BCUT2D eigenvalue weighted by Crippen LogP contribution is 2.36. The molecule has 3 atom stereocenters. The Morgan fingerprint density at radius 1 is 1.26 bits per heavy atom. The second-order valence-electron chi connectivity index (χ2n) is 5.69. The van der Waals surface area contributed by atoms with Crippen molar-refractivity contribution in [3.8, 4) is 5.75 Å². The number of piperidine rings is 2. The summed E-state index contributed by atoms with van der Waals surface area (Å²) in [5, 5.41) is 0. The van der Waals surface area contributed by atoms with Crippen molar-refractivity contribution < 1.29 is 9.13 Å². The fraction of sp³-hybridized carbons (Fsp3) is 0.600. The van der Waals surface area contributed by atoms with E-state index in [0.29, 0.717) is 17.8 Å². The van der Waals surface area contributed by atoms with Gasteiger partial charge >= 0.3 is 0 Å². The van der Waals surface area contributed by atoms with E-state index >= 15 is 0 Å². The molecule has 2 aliphatic rings. The van der Waals surface area contributed by atoms with Crippen LogP contribution in [0.4, 0.5) is 4.39 Å². The number of ether oxygens (including phenoxy) is 1. The SMILES string of the molecule is CN1[C@@H]2CCC[C@H]1CC(Oc1cc(F)ccc1Br)C2. The summed E-state index contributed by atoms with van der Waals surface area (Å²) >= 11 is 3.43. The molecular formula is C15H19BrFNO. The molecule has 0 radical (unpaired) electrons. The van der Waals surface area contributed by atoms with Gasteiger partial charge in [-0.3, -0.25) is 0 Å². The van der Waals surface area contributed by atoms with Crippen LogP contribution in [0.5, 0.6) is 5.75 Å². The van der Waals surface area contributed by atoms with Crippen molar-refractivity contribution in [3.63, 3.8) is 0 Å². The zero-order valence-electron chi connectivity index (χ0n) is 11.1. The quantitative estimate of drug-likeness (QED) is 0.814. The first-order chi connectivity index (χ1) is 9.13. The molecule has 0 amide bonds. The molecule has 1 aromatic rings.